The second-order valence-corrected chi connectivity index (χ2v) is 4.67. The molecule has 0 aromatic heterocycles. The van der Waals surface area contributed by atoms with Gasteiger partial charge in [-0.3, -0.25) is 9.63 Å². The Labute approximate surface area is 118 Å². The van der Waals surface area contributed by atoms with Crippen molar-refractivity contribution >= 4 is 17.7 Å². The number of hydrogen-bond donors (Lipinski definition) is 1. The molecule has 0 saturated carbocycles. The van der Waals surface area contributed by atoms with E-state index in [0.717, 1.165) is 10.6 Å². The number of carbonyl (C=O) groups excluding carboxylic acids is 1. The van der Waals surface area contributed by atoms with Gasteiger partial charge >= 0.3 is 6.18 Å². The van der Waals surface area contributed by atoms with Crippen molar-refractivity contribution < 1.29 is 27.5 Å². The molecule has 1 aromatic carbocycles. The van der Waals surface area contributed by atoms with E-state index >= 15 is 0 Å². The molecule has 0 bridgehead atoms. The second kappa shape index (κ2) is 8.01. The van der Waals surface area contributed by atoms with Crippen LogP contribution < -0.4 is 10.2 Å². The number of carbonyl (C=O) groups is 1. The summed E-state index contributed by atoms with van der Waals surface area (Å²) in [4.78, 5) is 16.1. The quantitative estimate of drug-likeness (QED) is 0.621. The van der Waals surface area contributed by atoms with Crippen molar-refractivity contribution in [3.8, 4) is 5.75 Å². The highest BCUT2D eigenvalue weighted by Gasteiger charge is 2.28. The maximum Gasteiger partial charge on any atom is 0.414 e. The lowest BCUT2D eigenvalue weighted by atomic mass is 10.3. The molecule has 1 N–H and O–H groups in total. The number of nitrogens with one attached hydrogen (secondary N) is 1. The molecule has 0 radical (unpaired) electrons. The van der Waals surface area contributed by atoms with Crippen molar-refractivity contribution in [1.82, 2.24) is 5.48 Å². The smallest absolute Gasteiger partial charge is 0.414 e. The SMILES string of the molecule is CCOc1ccc(SCC(=O)NOCC(F)(F)F)cc1. The summed E-state index contributed by atoms with van der Waals surface area (Å²) in [6, 6.07) is 7.03. The van der Waals surface area contributed by atoms with Crippen LogP contribution in [0.2, 0.25) is 0 Å². The Balaban J connectivity index is 2.26. The average Bonchev–Trinajstić information content (AvgIpc) is 2.37. The second-order valence-electron chi connectivity index (χ2n) is 3.62. The number of thioether (sulfide) groups is 1. The summed E-state index contributed by atoms with van der Waals surface area (Å²) < 4.78 is 40.5. The van der Waals surface area contributed by atoms with E-state index in [1.54, 1.807) is 29.7 Å². The first-order valence-electron chi connectivity index (χ1n) is 5.74. The third-order valence-corrected chi connectivity index (χ3v) is 2.94. The molecule has 0 saturated heterocycles. The third kappa shape index (κ3) is 7.25. The largest absolute Gasteiger partial charge is 0.494 e. The van der Waals surface area contributed by atoms with Crippen molar-refractivity contribution in [1.29, 1.82) is 0 Å². The Kier molecular flexibility index (Phi) is 6.66. The molecule has 0 aliphatic heterocycles. The zero-order valence-electron chi connectivity index (χ0n) is 10.7. The maximum atomic E-state index is 11.8. The van der Waals surface area contributed by atoms with Gasteiger partial charge in [0, 0.05) is 4.90 Å². The Morgan fingerprint density at radius 1 is 1.30 bits per heavy atom. The summed E-state index contributed by atoms with van der Waals surface area (Å²) in [5, 5.41) is 0. The van der Waals surface area contributed by atoms with Crippen LogP contribution in [0, 0.1) is 0 Å². The van der Waals surface area contributed by atoms with Gasteiger partial charge in [-0.25, -0.2) is 5.48 Å². The van der Waals surface area contributed by atoms with Crippen LogP contribution in [0.3, 0.4) is 0 Å². The minimum absolute atomic E-state index is 0.0359. The number of hydroxylamine groups is 1. The molecule has 0 fully saturated rings. The van der Waals surface area contributed by atoms with Gasteiger partial charge in [-0.1, -0.05) is 0 Å². The lowest BCUT2D eigenvalue weighted by Crippen LogP contribution is -2.30. The van der Waals surface area contributed by atoms with Crippen LogP contribution in [0.1, 0.15) is 6.92 Å². The first-order valence-corrected chi connectivity index (χ1v) is 6.72. The number of benzene rings is 1. The summed E-state index contributed by atoms with van der Waals surface area (Å²) in [5.74, 6) is 0.0502. The average molecular weight is 309 g/mol. The Hall–Kier alpha value is -1.41. The lowest BCUT2D eigenvalue weighted by Gasteiger charge is -2.08. The fraction of sp³-hybridized carbons (Fsp3) is 0.417. The van der Waals surface area contributed by atoms with Crippen molar-refractivity contribution in [3.05, 3.63) is 24.3 Å². The van der Waals surface area contributed by atoms with Crippen molar-refractivity contribution in [2.24, 2.45) is 0 Å². The van der Waals surface area contributed by atoms with Gasteiger partial charge in [0.1, 0.15) is 5.75 Å². The highest BCUT2D eigenvalue weighted by Crippen LogP contribution is 2.21. The summed E-state index contributed by atoms with van der Waals surface area (Å²) in [7, 11) is 0. The molecular weight excluding hydrogens is 295 g/mol. The molecule has 0 spiro atoms. The molecule has 0 atom stereocenters. The zero-order chi connectivity index (χ0) is 15.0. The highest BCUT2D eigenvalue weighted by atomic mass is 32.2. The molecule has 20 heavy (non-hydrogen) atoms. The Morgan fingerprint density at radius 3 is 2.50 bits per heavy atom. The van der Waals surface area contributed by atoms with E-state index in [9.17, 15) is 18.0 Å². The number of rotatable bonds is 7. The van der Waals surface area contributed by atoms with Gasteiger partial charge in [0.15, 0.2) is 6.61 Å². The molecule has 1 aromatic rings. The van der Waals surface area contributed by atoms with E-state index < -0.39 is 18.7 Å². The molecule has 112 valence electrons. The molecule has 1 amide bonds. The van der Waals surface area contributed by atoms with Crippen LogP contribution in [0.5, 0.6) is 5.75 Å². The van der Waals surface area contributed by atoms with Gasteiger partial charge in [-0.05, 0) is 31.2 Å². The van der Waals surface area contributed by atoms with Crippen LogP contribution in [0.25, 0.3) is 0 Å². The normalized spacial score (nSPS) is 11.2. The van der Waals surface area contributed by atoms with Gasteiger partial charge < -0.3 is 4.74 Å². The molecule has 0 unspecified atom stereocenters. The maximum absolute atomic E-state index is 11.8. The Morgan fingerprint density at radius 2 is 1.95 bits per heavy atom. The summed E-state index contributed by atoms with van der Waals surface area (Å²) >= 11 is 1.18. The number of alkyl halides is 3. The van der Waals surface area contributed by atoms with Crippen molar-refractivity contribution in [2.75, 3.05) is 19.0 Å². The minimum Gasteiger partial charge on any atom is -0.494 e. The van der Waals surface area contributed by atoms with Crippen LogP contribution >= 0.6 is 11.8 Å². The molecule has 1 rings (SSSR count). The minimum atomic E-state index is -4.46. The van der Waals surface area contributed by atoms with Crippen LogP contribution in [0.4, 0.5) is 13.2 Å². The first kappa shape index (κ1) is 16.6. The van der Waals surface area contributed by atoms with E-state index in [2.05, 4.69) is 4.84 Å². The van der Waals surface area contributed by atoms with E-state index in [-0.39, 0.29) is 5.75 Å². The molecular formula is C12H14F3NO3S. The van der Waals surface area contributed by atoms with Gasteiger partial charge in [0.05, 0.1) is 12.4 Å². The molecule has 0 aliphatic carbocycles. The lowest BCUT2D eigenvalue weighted by molar-refractivity contribution is -0.191. The number of halogens is 3. The monoisotopic (exact) mass is 309 g/mol. The van der Waals surface area contributed by atoms with E-state index in [1.165, 1.54) is 11.8 Å². The molecule has 8 heteroatoms. The summed E-state index contributed by atoms with van der Waals surface area (Å²) in [5.41, 5.74) is 1.74. The zero-order valence-corrected chi connectivity index (χ0v) is 11.5. The summed E-state index contributed by atoms with van der Waals surface area (Å²) in [6.07, 6.45) is -4.46. The van der Waals surface area contributed by atoms with Gasteiger partial charge in [0.25, 0.3) is 5.91 Å². The standard InChI is InChI=1S/C12H14F3NO3S/c1-2-18-9-3-5-10(6-4-9)20-7-11(17)16-19-8-12(13,14)15/h3-6H,2,7-8H2,1H3,(H,16,17). The van der Waals surface area contributed by atoms with Crippen LogP contribution in [-0.4, -0.2) is 31.1 Å². The highest BCUT2D eigenvalue weighted by molar-refractivity contribution is 8.00. The van der Waals surface area contributed by atoms with Crippen LogP contribution in [-0.2, 0) is 9.63 Å². The van der Waals surface area contributed by atoms with Gasteiger partial charge in [-0.2, -0.15) is 13.2 Å². The van der Waals surface area contributed by atoms with E-state index in [1.807, 2.05) is 6.92 Å². The fourth-order valence-corrected chi connectivity index (χ4v) is 1.86. The fourth-order valence-electron chi connectivity index (χ4n) is 1.18. The predicted molar refractivity (Wildman–Crippen MR) is 68.5 cm³/mol. The first-order chi connectivity index (χ1) is 9.40. The number of ether oxygens (including phenoxy) is 1. The van der Waals surface area contributed by atoms with Gasteiger partial charge in [-0.15, -0.1) is 11.8 Å². The van der Waals surface area contributed by atoms with E-state index in [0.29, 0.717) is 6.61 Å². The Bertz CT molecular complexity index is 423. The number of hydrogen-bond acceptors (Lipinski definition) is 4. The van der Waals surface area contributed by atoms with Gasteiger partial charge in [0.2, 0.25) is 0 Å². The van der Waals surface area contributed by atoms with Crippen LogP contribution in [0.15, 0.2) is 29.2 Å². The molecule has 0 aliphatic rings. The molecule has 0 heterocycles. The van der Waals surface area contributed by atoms with E-state index in [4.69, 9.17) is 4.74 Å². The predicted octanol–water partition coefficient (Wildman–Crippen LogP) is 2.79. The summed E-state index contributed by atoms with van der Waals surface area (Å²) in [6.45, 7) is 0.922. The third-order valence-electron chi connectivity index (χ3n) is 1.93. The van der Waals surface area contributed by atoms with Crippen molar-refractivity contribution in [2.45, 2.75) is 18.0 Å². The molecule has 4 nitrogen and oxygen atoms in total. The van der Waals surface area contributed by atoms with Crippen molar-refractivity contribution in [3.63, 3.8) is 0 Å². The number of amides is 1. The topological polar surface area (TPSA) is 47.6 Å².